The second kappa shape index (κ2) is 10.1. The molecule has 0 radical (unpaired) electrons. The summed E-state index contributed by atoms with van der Waals surface area (Å²) in [7, 11) is 0. The van der Waals surface area contributed by atoms with Crippen molar-refractivity contribution >= 4 is 38.7 Å². The van der Waals surface area contributed by atoms with E-state index in [4.69, 9.17) is 19.8 Å². The van der Waals surface area contributed by atoms with E-state index in [1.807, 2.05) is 29.1 Å². The van der Waals surface area contributed by atoms with Crippen molar-refractivity contribution in [3.05, 3.63) is 45.7 Å². The topological polar surface area (TPSA) is 85.2 Å². The van der Waals surface area contributed by atoms with E-state index >= 15 is 0 Å². The van der Waals surface area contributed by atoms with E-state index in [9.17, 15) is 4.79 Å². The van der Waals surface area contributed by atoms with Gasteiger partial charge in [-0.25, -0.2) is 4.98 Å². The highest BCUT2D eigenvalue weighted by atomic mass is 79.9. The number of Topliss-reactive ketones (excluding diaryl/α,β-unsaturated/α-hetero) is 1. The van der Waals surface area contributed by atoms with Crippen molar-refractivity contribution in [2.45, 2.75) is 39.2 Å². The van der Waals surface area contributed by atoms with Crippen LogP contribution in [0.2, 0.25) is 0 Å². The number of morpholine rings is 1. The van der Waals surface area contributed by atoms with Gasteiger partial charge < -0.3 is 10.1 Å². The lowest BCUT2D eigenvalue weighted by atomic mass is 9.95. The molecule has 1 atom stereocenters. The van der Waals surface area contributed by atoms with Crippen LogP contribution >= 0.6 is 15.9 Å². The standard InChI is InChI=1S/C25H31BrN6O2/c1-16(2)14-32-15-20-23(22-19-13-18(26)5-4-17(19)12-21(22)33)28-25(29-24(20)30-32)27-6-3-7-31-8-10-34-11-9-31/h4-5,13,15-16,22H,3,6-12,14H2,1-2H3,(H,27,29,30). The number of ether oxygens (including phenoxy) is 1. The molecule has 2 aromatic heterocycles. The lowest BCUT2D eigenvalue weighted by Crippen LogP contribution is -2.37. The second-order valence-electron chi connectivity index (χ2n) is 9.57. The molecule has 5 rings (SSSR count). The fraction of sp³-hybridized carbons (Fsp3) is 0.520. The van der Waals surface area contributed by atoms with Gasteiger partial charge in [0.2, 0.25) is 5.95 Å². The Hall–Kier alpha value is -2.36. The summed E-state index contributed by atoms with van der Waals surface area (Å²) in [5, 5.41) is 8.97. The summed E-state index contributed by atoms with van der Waals surface area (Å²) in [4.78, 5) is 25.2. The minimum absolute atomic E-state index is 0.169. The number of carbonyl (C=O) groups is 1. The van der Waals surface area contributed by atoms with E-state index in [2.05, 4.69) is 40.0 Å². The first-order chi connectivity index (χ1) is 16.5. The monoisotopic (exact) mass is 526 g/mol. The van der Waals surface area contributed by atoms with Crippen molar-refractivity contribution < 1.29 is 9.53 Å². The van der Waals surface area contributed by atoms with Gasteiger partial charge >= 0.3 is 0 Å². The number of fused-ring (bicyclic) bond motifs is 2. The maximum absolute atomic E-state index is 13.2. The number of benzene rings is 1. The third-order valence-electron chi connectivity index (χ3n) is 6.43. The lowest BCUT2D eigenvalue weighted by molar-refractivity contribution is -0.118. The Morgan fingerprint density at radius 3 is 2.85 bits per heavy atom. The van der Waals surface area contributed by atoms with E-state index in [1.54, 1.807) is 0 Å². The van der Waals surface area contributed by atoms with Crippen LogP contribution in [-0.2, 0) is 22.5 Å². The van der Waals surface area contributed by atoms with Crippen molar-refractivity contribution in [2.75, 3.05) is 44.7 Å². The van der Waals surface area contributed by atoms with E-state index < -0.39 is 5.92 Å². The third kappa shape index (κ3) is 5.01. The molecular weight excluding hydrogens is 496 g/mol. The molecule has 8 nitrogen and oxygen atoms in total. The fourth-order valence-electron chi connectivity index (χ4n) is 4.83. The van der Waals surface area contributed by atoms with Gasteiger partial charge in [-0.1, -0.05) is 35.8 Å². The zero-order valence-electron chi connectivity index (χ0n) is 19.8. The van der Waals surface area contributed by atoms with E-state index in [0.29, 0.717) is 23.9 Å². The fourth-order valence-corrected chi connectivity index (χ4v) is 5.21. The Labute approximate surface area is 208 Å². The number of halogens is 1. The molecule has 180 valence electrons. The highest BCUT2D eigenvalue weighted by Crippen LogP contribution is 2.39. The van der Waals surface area contributed by atoms with Crippen molar-refractivity contribution in [3.8, 4) is 0 Å². The molecule has 3 heterocycles. The van der Waals surface area contributed by atoms with Gasteiger partial charge in [-0.3, -0.25) is 14.4 Å². The Morgan fingerprint density at radius 2 is 2.06 bits per heavy atom. The quantitative estimate of drug-likeness (QED) is 0.448. The van der Waals surface area contributed by atoms with E-state index in [0.717, 1.165) is 79.0 Å². The minimum atomic E-state index is -0.399. The largest absolute Gasteiger partial charge is 0.379 e. The van der Waals surface area contributed by atoms with Gasteiger partial charge in [0.1, 0.15) is 0 Å². The molecule has 0 saturated carbocycles. The number of nitrogens with zero attached hydrogens (tertiary/aromatic N) is 5. The summed E-state index contributed by atoms with van der Waals surface area (Å²) in [5.74, 6) is 0.760. The van der Waals surface area contributed by atoms with Gasteiger partial charge in [0, 0.05) is 43.3 Å². The Bertz CT molecular complexity index is 1190. The van der Waals surface area contributed by atoms with Crippen molar-refractivity contribution in [3.63, 3.8) is 0 Å². The molecule has 9 heteroatoms. The molecule has 1 aliphatic heterocycles. The number of nitrogens with one attached hydrogen (secondary N) is 1. The second-order valence-corrected chi connectivity index (χ2v) is 10.5. The van der Waals surface area contributed by atoms with Crippen LogP contribution < -0.4 is 5.32 Å². The van der Waals surface area contributed by atoms with Gasteiger partial charge in [-0.2, -0.15) is 10.1 Å². The van der Waals surface area contributed by atoms with Gasteiger partial charge in [0.25, 0.3) is 0 Å². The van der Waals surface area contributed by atoms with Crippen LogP contribution in [0.4, 0.5) is 5.95 Å². The number of ketones is 1. The molecule has 1 aliphatic carbocycles. The van der Waals surface area contributed by atoms with Crippen molar-refractivity contribution in [2.24, 2.45) is 5.92 Å². The Morgan fingerprint density at radius 1 is 1.24 bits per heavy atom. The molecule has 0 spiro atoms. The smallest absolute Gasteiger partial charge is 0.225 e. The van der Waals surface area contributed by atoms with Crippen LogP contribution in [0, 0.1) is 5.92 Å². The zero-order valence-corrected chi connectivity index (χ0v) is 21.3. The normalized spacial score (nSPS) is 18.7. The Balaban J connectivity index is 1.44. The predicted molar refractivity (Wildman–Crippen MR) is 135 cm³/mol. The molecule has 1 N–H and O–H groups in total. The zero-order chi connectivity index (χ0) is 23.7. The molecular formula is C25H31BrN6O2. The molecule has 1 unspecified atom stereocenters. The molecule has 1 saturated heterocycles. The van der Waals surface area contributed by atoms with Gasteiger partial charge in [-0.05, 0) is 42.1 Å². The van der Waals surface area contributed by atoms with Crippen LogP contribution in [0.15, 0.2) is 28.9 Å². The van der Waals surface area contributed by atoms with Crippen LogP contribution in [0.1, 0.15) is 43.0 Å². The molecule has 34 heavy (non-hydrogen) atoms. The summed E-state index contributed by atoms with van der Waals surface area (Å²) in [5.41, 5.74) is 3.48. The SMILES string of the molecule is CC(C)Cn1cc2c(C3C(=O)Cc4ccc(Br)cc43)nc(NCCCN3CCOCC3)nc2n1. The number of rotatable bonds is 8. The van der Waals surface area contributed by atoms with Gasteiger partial charge in [-0.15, -0.1) is 0 Å². The number of anilines is 1. The highest BCUT2D eigenvalue weighted by molar-refractivity contribution is 9.10. The minimum Gasteiger partial charge on any atom is -0.379 e. The van der Waals surface area contributed by atoms with Crippen LogP contribution in [0.3, 0.4) is 0 Å². The molecule has 3 aromatic rings. The predicted octanol–water partition coefficient (Wildman–Crippen LogP) is 3.64. The number of carbonyl (C=O) groups excluding carboxylic acids is 1. The first-order valence-corrected chi connectivity index (χ1v) is 12.9. The molecule has 0 amide bonds. The summed E-state index contributed by atoms with van der Waals surface area (Å²) in [6.45, 7) is 10.5. The Kier molecular flexibility index (Phi) is 6.94. The summed E-state index contributed by atoms with van der Waals surface area (Å²) >= 11 is 3.57. The van der Waals surface area contributed by atoms with Crippen LogP contribution in [0.25, 0.3) is 11.0 Å². The number of hydrogen-bond acceptors (Lipinski definition) is 7. The third-order valence-corrected chi connectivity index (χ3v) is 6.92. The van der Waals surface area contributed by atoms with E-state index in [1.165, 1.54) is 0 Å². The van der Waals surface area contributed by atoms with Crippen molar-refractivity contribution in [1.82, 2.24) is 24.6 Å². The van der Waals surface area contributed by atoms with Gasteiger partial charge in [0.15, 0.2) is 11.4 Å². The summed E-state index contributed by atoms with van der Waals surface area (Å²) in [6, 6.07) is 6.07. The van der Waals surface area contributed by atoms with Gasteiger partial charge in [0.05, 0.1) is 30.2 Å². The molecule has 1 fully saturated rings. The number of hydrogen-bond donors (Lipinski definition) is 1. The molecule has 0 bridgehead atoms. The first kappa shape index (κ1) is 23.4. The van der Waals surface area contributed by atoms with Crippen LogP contribution in [-0.4, -0.2) is 69.8 Å². The highest BCUT2D eigenvalue weighted by Gasteiger charge is 2.35. The maximum atomic E-state index is 13.2. The number of aromatic nitrogens is 4. The maximum Gasteiger partial charge on any atom is 0.225 e. The molecule has 2 aliphatic rings. The van der Waals surface area contributed by atoms with Crippen LogP contribution in [0.5, 0.6) is 0 Å². The first-order valence-electron chi connectivity index (χ1n) is 12.1. The lowest BCUT2D eigenvalue weighted by Gasteiger charge is -2.26. The van der Waals surface area contributed by atoms with Crippen molar-refractivity contribution in [1.29, 1.82) is 0 Å². The molecule has 1 aromatic carbocycles. The average Bonchev–Trinajstić information content (AvgIpc) is 3.35. The summed E-state index contributed by atoms with van der Waals surface area (Å²) in [6.07, 6.45) is 3.41. The summed E-state index contributed by atoms with van der Waals surface area (Å²) < 4.78 is 8.32. The van der Waals surface area contributed by atoms with E-state index in [-0.39, 0.29) is 5.78 Å². The average molecular weight is 527 g/mol.